The van der Waals surface area contributed by atoms with Gasteiger partial charge in [0.1, 0.15) is 0 Å². The zero-order valence-electron chi connectivity index (χ0n) is 9.36. The fourth-order valence-corrected chi connectivity index (χ4v) is 1.25. The minimum absolute atomic E-state index is 0.169. The van der Waals surface area contributed by atoms with E-state index in [0.29, 0.717) is 19.7 Å². The molecule has 0 rings (SSSR count). The van der Waals surface area contributed by atoms with Gasteiger partial charge >= 0.3 is 5.97 Å². The van der Waals surface area contributed by atoms with Crippen molar-refractivity contribution < 1.29 is 9.53 Å². The SMILES string of the molecule is CCOC(=O)CN(CC)CCCN=C=S. The number of esters is 1. The van der Waals surface area contributed by atoms with Crippen LogP contribution in [0, 0.1) is 0 Å². The summed E-state index contributed by atoms with van der Waals surface area (Å²) in [6.07, 6.45) is 0.886. The van der Waals surface area contributed by atoms with Gasteiger partial charge in [0.2, 0.25) is 0 Å². The molecule has 0 spiro atoms. The van der Waals surface area contributed by atoms with Crippen LogP contribution in [0.1, 0.15) is 20.3 Å². The average Bonchev–Trinajstić information content (AvgIpc) is 2.23. The summed E-state index contributed by atoms with van der Waals surface area (Å²) in [6.45, 7) is 6.94. The molecule has 4 nitrogen and oxygen atoms in total. The third-order valence-electron chi connectivity index (χ3n) is 1.91. The molecule has 0 bridgehead atoms. The van der Waals surface area contributed by atoms with Crippen LogP contribution in [-0.2, 0) is 9.53 Å². The van der Waals surface area contributed by atoms with Crippen molar-refractivity contribution in [1.29, 1.82) is 0 Å². The number of likely N-dealkylation sites (N-methyl/N-ethyl adjacent to an activating group) is 1. The van der Waals surface area contributed by atoms with Gasteiger partial charge in [-0.05, 0) is 32.1 Å². The standard InChI is InChI=1S/C10H18N2O2S/c1-3-12(7-5-6-11-9-15)8-10(13)14-4-2/h3-8H2,1-2H3. The fourth-order valence-electron chi connectivity index (χ4n) is 1.16. The Morgan fingerprint density at radius 3 is 2.80 bits per heavy atom. The van der Waals surface area contributed by atoms with Gasteiger partial charge in [-0.2, -0.15) is 0 Å². The molecule has 0 aliphatic heterocycles. The van der Waals surface area contributed by atoms with Crippen molar-refractivity contribution in [2.24, 2.45) is 4.99 Å². The first-order chi connectivity index (χ1) is 7.24. The highest BCUT2D eigenvalue weighted by Gasteiger charge is 2.08. The Labute approximate surface area is 96.3 Å². The van der Waals surface area contributed by atoms with E-state index in [4.69, 9.17) is 4.74 Å². The highest BCUT2D eigenvalue weighted by molar-refractivity contribution is 7.78. The number of aliphatic imine (C=N–C) groups is 1. The first-order valence-electron chi connectivity index (χ1n) is 5.16. The summed E-state index contributed by atoms with van der Waals surface area (Å²) in [7, 11) is 0. The molecule has 0 saturated heterocycles. The predicted octanol–water partition coefficient (Wildman–Crippen LogP) is 1.36. The van der Waals surface area contributed by atoms with E-state index in [1.54, 1.807) is 0 Å². The normalized spacial score (nSPS) is 9.80. The Bertz CT molecular complexity index is 227. The third-order valence-corrected chi connectivity index (χ3v) is 2.04. The van der Waals surface area contributed by atoms with Crippen molar-refractivity contribution in [2.75, 3.05) is 32.8 Å². The summed E-state index contributed by atoms with van der Waals surface area (Å²) in [5.74, 6) is -0.169. The van der Waals surface area contributed by atoms with E-state index >= 15 is 0 Å². The number of hydrogen-bond acceptors (Lipinski definition) is 5. The van der Waals surface area contributed by atoms with Crippen LogP contribution >= 0.6 is 12.2 Å². The quantitative estimate of drug-likeness (QED) is 0.273. The van der Waals surface area contributed by atoms with Crippen molar-refractivity contribution in [3.8, 4) is 0 Å². The number of carbonyl (C=O) groups is 1. The number of ether oxygens (including phenoxy) is 1. The van der Waals surface area contributed by atoms with Crippen LogP contribution in [-0.4, -0.2) is 48.8 Å². The number of rotatable bonds is 8. The summed E-state index contributed by atoms with van der Waals surface area (Å²) in [6, 6.07) is 0. The highest BCUT2D eigenvalue weighted by Crippen LogP contribution is 1.93. The maximum absolute atomic E-state index is 11.2. The van der Waals surface area contributed by atoms with Gasteiger partial charge in [0.25, 0.3) is 0 Å². The minimum atomic E-state index is -0.169. The van der Waals surface area contributed by atoms with Gasteiger partial charge in [-0.25, -0.2) is 4.99 Å². The summed E-state index contributed by atoms with van der Waals surface area (Å²) in [5.41, 5.74) is 0. The molecule has 0 aromatic carbocycles. The largest absolute Gasteiger partial charge is 0.465 e. The van der Waals surface area contributed by atoms with Gasteiger partial charge in [-0.1, -0.05) is 6.92 Å². The number of thiocarbonyl (C=S) groups is 1. The van der Waals surface area contributed by atoms with Crippen LogP contribution in [0.25, 0.3) is 0 Å². The second kappa shape index (κ2) is 9.77. The molecule has 0 N–H and O–H groups in total. The van der Waals surface area contributed by atoms with Crippen molar-refractivity contribution in [3.05, 3.63) is 0 Å². The molecule has 0 aliphatic rings. The maximum atomic E-state index is 11.2. The maximum Gasteiger partial charge on any atom is 0.320 e. The van der Waals surface area contributed by atoms with Crippen molar-refractivity contribution >= 4 is 23.3 Å². The van der Waals surface area contributed by atoms with E-state index < -0.39 is 0 Å². The van der Waals surface area contributed by atoms with E-state index in [0.717, 1.165) is 19.5 Å². The number of carbonyl (C=O) groups excluding carboxylic acids is 1. The monoisotopic (exact) mass is 230 g/mol. The smallest absolute Gasteiger partial charge is 0.320 e. The molecule has 0 aromatic rings. The van der Waals surface area contributed by atoms with Crippen LogP contribution in [0.4, 0.5) is 0 Å². The minimum Gasteiger partial charge on any atom is -0.465 e. The summed E-state index contributed by atoms with van der Waals surface area (Å²) < 4.78 is 4.87. The van der Waals surface area contributed by atoms with E-state index in [9.17, 15) is 4.79 Å². The van der Waals surface area contributed by atoms with E-state index in [2.05, 4.69) is 22.4 Å². The fraction of sp³-hybridized carbons (Fsp3) is 0.800. The van der Waals surface area contributed by atoms with E-state index in [1.807, 2.05) is 18.7 Å². The van der Waals surface area contributed by atoms with Crippen LogP contribution < -0.4 is 0 Å². The second-order valence-corrected chi connectivity index (χ2v) is 3.18. The second-order valence-electron chi connectivity index (χ2n) is 3.00. The predicted molar refractivity (Wildman–Crippen MR) is 63.3 cm³/mol. The van der Waals surface area contributed by atoms with E-state index in [-0.39, 0.29) is 5.97 Å². The zero-order valence-corrected chi connectivity index (χ0v) is 10.2. The van der Waals surface area contributed by atoms with Crippen molar-refractivity contribution in [1.82, 2.24) is 4.90 Å². The molecular weight excluding hydrogens is 212 g/mol. The lowest BCUT2D eigenvalue weighted by atomic mass is 10.3. The molecule has 15 heavy (non-hydrogen) atoms. The number of nitrogens with zero attached hydrogens (tertiary/aromatic N) is 2. The molecule has 0 heterocycles. The summed E-state index contributed by atoms with van der Waals surface area (Å²) >= 11 is 4.46. The van der Waals surface area contributed by atoms with Gasteiger partial charge in [0.05, 0.1) is 24.9 Å². The Morgan fingerprint density at radius 1 is 1.53 bits per heavy atom. The zero-order chi connectivity index (χ0) is 11.5. The first-order valence-corrected chi connectivity index (χ1v) is 5.57. The molecule has 0 aromatic heterocycles. The molecule has 5 heteroatoms. The molecule has 0 radical (unpaired) electrons. The molecule has 0 fully saturated rings. The third kappa shape index (κ3) is 8.24. The topological polar surface area (TPSA) is 41.9 Å². The Hall–Kier alpha value is -0.770. The highest BCUT2D eigenvalue weighted by atomic mass is 32.1. The average molecular weight is 230 g/mol. The van der Waals surface area contributed by atoms with Crippen LogP contribution in [0.3, 0.4) is 0 Å². The number of isothiocyanates is 1. The molecule has 0 atom stereocenters. The molecule has 0 aliphatic carbocycles. The van der Waals surface area contributed by atoms with Gasteiger partial charge in [0.15, 0.2) is 0 Å². The molecule has 86 valence electrons. The van der Waals surface area contributed by atoms with Gasteiger partial charge < -0.3 is 4.74 Å². The Kier molecular flexibility index (Phi) is 9.27. The van der Waals surface area contributed by atoms with Crippen LogP contribution in [0.15, 0.2) is 4.99 Å². The van der Waals surface area contributed by atoms with E-state index in [1.165, 1.54) is 0 Å². The molecule has 0 amide bonds. The Balaban J connectivity index is 3.71. The number of hydrogen-bond donors (Lipinski definition) is 0. The lowest BCUT2D eigenvalue weighted by Gasteiger charge is -2.18. The van der Waals surface area contributed by atoms with Gasteiger partial charge in [0, 0.05) is 6.54 Å². The summed E-state index contributed by atoms with van der Waals surface area (Å²) in [4.78, 5) is 17.0. The van der Waals surface area contributed by atoms with Crippen LogP contribution in [0.2, 0.25) is 0 Å². The molecular formula is C10H18N2O2S. The Morgan fingerprint density at radius 2 is 2.27 bits per heavy atom. The van der Waals surface area contributed by atoms with Gasteiger partial charge in [-0.3, -0.25) is 9.69 Å². The van der Waals surface area contributed by atoms with Gasteiger partial charge in [-0.15, -0.1) is 0 Å². The summed E-state index contributed by atoms with van der Waals surface area (Å²) in [5, 5.41) is 2.32. The first kappa shape index (κ1) is 14.2. The molecule has 0 unspecified atom stereocenters. The lowest BCUT2D eigenvalue weighted by Crippen LogP contribution is -2.32. The van der Waals surface area contributed by atoms with Crippen molar-refractivity contribution in [3.63, 3.8) is 0 Å². The van der Waals surface area contributed by atoms with Crippen LogP contribution in [0.5, 0.6) is 0 Å². The van der Waals surface area contributed by atoms with Crippen molar-refractivity contribution in [2.45, 2.75) is 20.3 Å². The molecule has 0 saturated carbocycles. The lowest BCUT2D eigenvalue weighted by molar-refractivity contribution is -0.144.